The zero-order chi connectivity index (χ0) is 13.0. The number of hydrogen-bond acceptors (Lipinski definition) is 2. The highest BCUT2D eigenvalue weighted by Crippen LogP contribution is 2.16. The molecule has 0 aromatic heterocycles. The van der Waals surface area contributed by atoms with Gasteiger partial charge in [0.05, 0.1) is 13.2 Å². The summed E-state index contributed by atoms with van der Waals surface area (Å²) >= 11 is 0. The molecule has 1 aromatic carbocycles. The lowest BCUT2D eigenvalue weighted by Gasteiger charge is -2.26. The normalized spacial score (nSPS) is 17.1. The highest BCUT2D eigenvalue weighted by atomic mass is 19.2. The minimum Gasteiger partial charge on any atom is -0.379 e. The predicted octanol–water partition coefficient (Wildman–Crippen LogP) is 2.37. The second-order valence-electron chi connectivity index (χ2n) is 4.42. The Balaban J connectivity index is 1.86. The van der Waals surface area contributed by atoms with Crippen molar-refractivity contribution in [3.63, 3.8) is 0 Å². The Bertz CT molecular complexity index is 405. The number of hydrogen-bond donors (Lipinski definition) is 0. The van der Waals surface area contributed by atoms with Gasteiger partial charge >= 0.3 is 0 Å². The predicted molar refractivity (Wildman–Crippen MR) is 61.9 cm³/mol. The van der Waals surface area contributed by atoms with Crippen LogP contribution >= 0.6 is 0 Å². The molecule has 2 nitrogen and oxygen atoms in total. The zero-order valence-electron chi connectivity index (χ0n) is 10.1. The van der Waals surface area contributed by atoms with Crippen molar-refractivity contribution >= 4 is 0 Å². The maximum Gasteiger partial charge on any atom is 0.162 e. The number of nitrogens with zero attached hydrogens (tertiary/aromatic N) is 1. The smallest absolute Gasteiger partial charge is 0.162 e. The van der Waals surface area contributed by atoms with Crippen molar-refractivity contribution in [3.05, 3.63) is 35.1 Å². The van der Waals surface area contributed by atoms with Gasteiger partial charge in [0.1, 0.15) is 5.82 Å². The van der Waals surface area contributed by atoms with Crippen molar-refractivity contribution in [3.8, 4) is 0 Å². The second kappa shape index (κ2) is 6.20. The van der Waals surface area contributed by atoms with Crippen molar-refractivity contribution in [1.82, 2.24) is 4.90 Å². The average Bonchev–Trinajstić information content (AvgIpc) is 2.36. The van der Waals surface area contributed by atoms with Crippen LogP contribution in [0.5, 0.6) is 0 Å². The van der Waals surface area contributed by atoms with E-state index in [0.717, 1.165) is 25.7 Å². The number of halogens is 3. The summed E-state index contributed by atoms with van der Waals surface area (Å²) in [6.07, 6.45) is 1.03. The van der Waals surface area contributed by atoms with Gasteiger partial charge in [-0.15, -0.1) is 0 Å². The van der Waals surface area contributed by atoms with Gasteiger partial charge in [-0.3, -0.25) is 4.90 Å². The number of morpholine rings is 1. The highest BCUT2D eigenvalue weighted by Gasteiger charge is 2.13. The first-order valence-electron chi connectivity index (χ1n) is 6.10. The van der Waals surface area contributed by atoms with Crippen LogP contribution in [0.1, 0.15) is 12.0 Å². The summed E-state index contributed by atoms with van der Waals surface area (Å²) in [5.41, 5.74) is 0.112. The molecule has 0 radical (unpaired) electrons. The number of benzene rings is 1. The molecule has 0 atom stereocenters. The van der Waals surface area contributed by atoms with Crippen LogP contribution in [0.2, 0.25) is 0 Å². The van der Waals surface area contributed by atoms with E-state index in [1.165, 1.54) is 0 Å². The van der Waals surface area contributed by atoms with Crippen LogP contribution in [0.3, 0.4) is 0 Å². The van der Waals surface area contributed by atoms with E-state index in [4.69, 9.17) is 4.74 Å². The van der Waals surface area contributed by atoms with Crippen LogP contribution in [0.15, 0.2) is 12.1 Å². The molecule has 1 aliphatic rings. The molecular weight excluding hydrogens is 243 g/mol. The Labute approximate surface area is 104 Å². The fourth-order valence-corrected chi connectivity index (χ4v) is 2.11. The topological polar surface area (TPSA) is 12.5 Å². The molecule has 5 heteroatoms. The van der Waals surface area contributed by atoms with Crippen LogP contribution in [0, 0.1) is 17.5 Å². The van der Waals surface area contributed by atoms with E-state index < -0.39 is 17.5 Å². The summed E-state index contributed by atoms with van der Waals surface area (Å²) in [6, 6.07) is 1.64. The third-order valence-electron chi connectivity index (χ3n) is 3.09. The number of aryl methyl sites for hydroxylation is 1. The Morgan fingerprint density at radius 1 is 1.11 bits per heavy atom. The van der Waals surface area contributed by atoms with Crippen LogP contribution in [-0.4, -0.2) is 37.7 Å². The maximum atomic E-state index is 13.4. The first-order valence-corrected chi connectivity index (χ1v) is 6.10. The molecule has 1 aliphatic heterocycles. The third kappa shape index (κ3) is 3.46. The Hall–Kier alpha value is -1.07. The largest absolute Gasteiger partial charge is 0.379 e. The van der Waals surface area contributed by atoms with Gasteiger partial charge in [-0.1, -0.05) is 0 Å². The standard InChI is InChI=1S/C13H16F3NO/c14-11-8-10(13(16)12(15)9-11)2-1-3-17-4-6-18-7-5-17/h8-9H,1-7H2. The quantitative estimate of drug-likeness (QED) is 0.770. The van der Waals surface area contributed by atoms with Gasteiger partial charge in [0.15, 0.2) is 11.6 Å². The molecule has 0 saturated carbocycles. The molecule has 1 heterocycles. The molecule has 18 heavy (non-hydrogen) atoms. The molecule has 0 spiro atoms. The van der Waals surface area contributed by atoms with E-state index in [9.17, 15) is 13.2 Å². The van der Waals surface area contributed by atoms with Gasteiger partial charge in [-0.05, 0) is 31.0 Å². The van der Waals surface area contributed by atoms with E-state index in [1.807, 2.05) is 0 Å². The fraction of sp³-hybridized carbons (Fsp3) is 0.538. The molecule has 0 bridgehead atoms. The van der Waals surface area contributed by atoms with E-state index >= 15 is 0 Å². The molecule has 1 aromatic rings. The van der Waals surface area contributed by atoms with Gasteiger partial charge < -0.3 is 4.74 Å². The molecule has 0 amide bonds. The molecule has 0 aliphatic carbocycles. The van der Waals surface area contributed by atoms with Crippen LogP contribution in [0.4, 0.5) is 13.2 Å². The minimum atomic E-state index is -1.11. The highest BCUT2D eigenvalue weighted by molar-refractivity contribution is 5.20. The second-order valence-corrected chi connectivity index (χ2v) is 4.42. The molecular formula is C13H16F3NO. The minimum absolute atomic E-state index is 0.112. The number of ether oxygens (including phenoxy) is 1. The van der Waals surface area contributed by atoms with E-state index in [1.54, 1.807) is 0 Å². The van der Waals surface area contributed by atoms with E-state index in [2.05, 4.69) is 4.90 Å². The summed E-state index contributed by atoms with van der Waals surface area (Å²) in [7, 11) is 0. The monoisotopic (exact) mass is 259 g/mol. The van der Waals surface area contributed by atoms with Gasteiger partial charge in [-0.2, -0.15) is 0 Å². The lowest BCUT2D eigenvalue weighted by atomic mass is 10.1. The zero-order valence-corrected chi connectivity index (χ0v) is 10.1. The van der Waals surface area contributed by atoms with E-state index in [-0.39, 0.29) is 5.56 Å². The third-order valence-corrected chi connectivity index (χ3v) is 3.09. The Morgan fingerprint density at radius 3 is 2.56 bits per heavy atom. The SMILES string of the molecule is Fc1cc(F)c(F)c(CCCN2CCOCC2)c1. The van der Waals surface area contributed by atoms with E-state index in [0.29, 0.717) is 32.1 Å². The molecule has 0 N–H and O–H groups in total. The van der Waals surface area contributed by atoms with Crippen LogP contribution < -0.4 is 0 Å². The Morgan fingerprint density at radius 2 is 1.83 bits per heavy atom. The van der Waals surface area contributed by atoms with Crippen molar-refractivity contribution in [2.45, 2.75) is 12.8 Å². The summed E-state index contributed by atoms with van der Waals surface area (Å²) in [5.74, 6) is -2.77. The fourth-order valence-electron chi connectivity index (χ4n) is 2.11. The maximum absolute atomic E-state index is 13.4. The summed E-state index contributed by atoms with van der Waals surface area (Å²) in [6.45, 7) is 3.94. The van der Waals surface area contributed by atoms with Crippen molar-refractivity contribution in [2.24, 2.45) is 0 Å². The van der Waals surface area contributed by atoms with Gasteiger partial charge in [0, 0.05) is 19.2 Å². The van der Waals surface area contributed by atoms with Crippen molar-refractivity contribution < 1.29 is 17.9 Å². The first kappa shape index (κ1) is 13.4. The molecule has 1 saturated heterocycles. The summed E-state index contributed by atoms with van der Waals surface area (Å²) in [5, 5.41) is 0. The van der Waals surface area contributed by atoms with Crippen LogP contribution in [0.25, 0.3) is 0 Å². The van der Waals surface area contributed by atoms with Gasteiger partial charge in [0.2, 0.25) is 0 Å². The molecule has 0 unspecified atom stereocenters. The summed E-state index contributed by atoms with van der Waals surface area (Å²) < 4.78 is 44.5. The molecule has 100 valence electrons. The van der Waals surface area contributed by atoms with Crippen molar-refractivity contribution in [2.75, 3.05) is 32.8 Å². The average molecular weight is 259 g/mol. The number of rotatable bonds is 4. The lowest BCUT2D eigenvalue weighted by molar-refractivity contribution is 0.0374. The lowest BCUT2D eigenvalue weighted by Crippen LogP contribution is -2.36. The first-order chi connectivity index (χ1) is 8.66. The Kier molecular flexibility index (Phi) is 4.60. The van der Waals surface area contributed by atoms with Gasteiger partial charge in [-0.25, -0.2) is 13.2 Å². The van der Waals surface area contributed by atoms with Crippen molar-refractivity contribution in [1.29, 1.82) is 0 Å². The molecule has 1 fully saturated rings. The summed E-state index contributed by atoms with van der Waals surface area (Å²) in [4.78, 5) is 2.21. The van der Waals surface area contributed by atoms with Gasteiger partial charge in [0.25, 0.3) is 0 Å². The van der Waals surface area contributed by atoms with Crippen LogP contribution in [-0.2, 0) is 11.2 Å². The molecule has 2 rings (SSSR count).